The van der Waals surface area contributed by atoms with Gasteiger partial charge in [0, 0.05) is 12.5 Å². The highest BCUT2D eigenvalue weighted by Crippen LogP contribution is 2.23. The summed E-state index contributed by atoms with van der Waals surface area (Å²) in [5.74, 6) is 0.950. The molecule has 2 aromatic rings. The summed E-state index contributed by atoms with van der Waals surface area (Å²) in [5.41, 5.74) is 0.499. The van der Waals surface area contributed by atoms with Crippen molar-refractivity contribution in [1.29, 1.82) is 0 Å². The van der Waals surface area contributed by atoms with Gasteiger partial charge in [0.1, 0.15) is 11.5 Å². The molecule has 0 radical (unpaired) electrons. The maximum atomic E-state index is 12.8. The summed E-state index contributed by atoms with van der Waals surface area (Å²) in [5, 5.41) is 7.28. The van der Waals surface area contributed by atoms with E-state index >= 15 is 0 Å². The van der Waals surface area contributed by atoms with Crippen molar-refractivity contribution in [2.45, 2.75) is 18.8 Å². The fourth-order valence-electron chi connectivity index (χ4n) is 2.08. The van der Waals surface area contributed by atoms with E-state index in [1.807, 2.05) is 0 Å². The molecule has 1 atom stereocenters. The van der Waals surface area contributed by atoms with Gasteiger partial charge in [-0.05, 0) is 31.5 Å². The molecule has 0 amide bonds. The summed E-state index contributed by atoms with van der Waals surface area (Å²) in [6.07, 6.45) is 3.31. The molecule has 1 N–H and O–H groups in total. The SMILES string of the molecule is Cl.Fc1ccc(-c2nc(C3CCCNC3)no2)nc1. The van der Waals surface area contributed by atoms with Crippen LogP contribution in [0.4, 0.5) is 4.39 Å². The molecule has 0 bridgehead atoms. The zero-order chi connectivity index (χ0) is 12.4. The van der Waals surface area contributed by atoms with Crippen LogP contribution in [-0.4, -0.2) is 28.2 Å². The third-order valence-corrected chi connectivity index (χ3v) is 3.05. The molecule has 7 heteroatoms. The van der Waals surface area contributed by atoms with E-state index in [0.717, 1.165) is 32.1 Å². The van der Waals surface area contributed by atoms with Gasteiger partial charge in [-0.2, -0.15) is 4.98 Å². The maximum absolute atomic E-state index is 12.8. The second kappa shape index (κ2) is 6.08. The van der Waals surface area contributed by atoms with Crippen LogP contribution < -0.4 is 5.32 Å². The lowest BCUT2D eigenvalue weighted by molar-refractivity contribution is 0.392. The zero-order valence-corrected chi connectivity index (χ0v) is 11.0. The van der Waals surface area contributed by atoms with Crippen molar-refractivity contribution in [2.24, 2.45) is 0 Å². The second-order valence-electron chi connectivity index (χ2n) is 4.36. The molecule has 3 rings (SSSR count). The first-order valence-corrected chi connectivity index (χ1v) is 5.99. The standard InChI is InChI=1S/C12H13FN4O.ClH/c13-9-3-4-10(15-7-9)12-16-11(17-18-12)8-2-1-5-14-6-8;/h3-4,7-8,14H,1-2,5-6H2;1H. The van der Waals surface area contributed by atoms with Crippen LogP contribution in [0.2, 0.25) is 0 Å². The van der Waals surface area contributed by atoms with Crippen LogP contribution in [0.25, 0.3) is 11.6 Å². The molecular formula is C12H14ClFN4O. The number of hydrogen-bond acceptors (Lipinski definition) is 5. The number of nitrogens with zero attached hydrogens (tertiary/aromatic N) is 3. The number of nitrogens with one attached hydrogen (secondary N) is 1. The first-order chi connectivity index (χ1) is 8.83. The molecule has 1 aliphatic heterocycles. The van der Waals surface area contributed by atoms with E-state index < -0.39 is 0 Å². The van der Waals surface area contributed by atoms with Gasteiger partial charge in [0.15, 0.2) is 5.82 Å². The van der Waals surface area contributed by atoms with Gasteiger partial charge in [-0.1, -0.05) is 5.16 Å². The van der Waals surface area contributed by atoms with E-state index in [1.54, 1.807) is 0 Å². The summed E-state index contributed by atoms with van der Waals surface area (Å²) in [6.45, 7) is 1.91. The summed E-state index contributed by atoms with van der Waals surface area (Å²) >= 11 is 0. The Bertz CT molecular complexity index is 525. The highest BCUT2D eigenvalue weighted by Gasteiger charge is 2.21. The van der Waals surface area contributed by atoms with Crippen molar-refractivity contribution < 1.29 is 8.91 Å². The fourth-order valence-corrected chi connectivity index (χ4v) is 2.08. The van der Waals surface area contributed by atoms with E-state index in [9.17, 15) is 4.39 Å². The van der Waals surface area contributed by atoms with Gasteiger partial charge in [-0.25, -0.2) is 9.37 Å². The lowest BCUT2D eigenvalue weighted by Crippen LogP contribution is -2.28. The predicted octanol–water partition coefficient (Wildman–Crippen LogP) is 2.16. The van der Waals surface area contributed by atoms with E-state index in [1.165, 1.54) is 12.1 Å². The highest BCUT2D eigenvalue weighted by molar-refractivity contribution is 5.85. The van der Waals surface area contributed by atoms with Crippen molar-refractivity contribution in [3.8, 4) is 11.6 Å². The minimum absolute atomic E-state index is 0. The molecule has 1 fully saturated rings. The number of piperidine rings is 1. The molecule has 0 saturated carbocycles. The van der Waals surface area contributed by atoms with Gasteiger partial charge < -0.3 is 9.84 Å². The summed E-state index contributed by atoms with van der Waals surface area (Å²) in [6, 6.07) is 2.86. The molecule has 1 aliphatic rings. The molecular weight excluding hydrogens is 271 g/mol. The molecule has 0 aromatic carbocycles. The molecule has 1 unspecified atom stereocenters. The van der Waals surface area contributed by atoms with Crippen molar-refractivity contribution in [3.05, 3.63) is 30.0 Å². The first kappa shape index (κ1) is 13.9. The minimum Gasteiger partial charge on any atom is -0.332 e. The average Bonchev–Trinajstić information content (AvgIpc) is 2.90. The summed E-state index contributed by atoms with van der Waals surface area (Å²) < 4.78 is 17.9. The third kappa shape index (κ3) is 3.08. The van der Waals surface area contributed by atoms with Gasteiger partial charge in [-0.3, -0.25) is 0 Å². The lowest BCUT2D eigenvalue weighted by atomic mass is 9.99. The second-order valence-corrected chi connectivity index (χ2v) is 4.36. The van der Waals surface area contributed by atoms with Gasteiger partial charge >= 0.3 is 0 Å². The average molecular weight is 285 g/mol. The number of aromatic nitrogens is 3. The third-order valence-electron chi connectivity index (χ3n) is 3.05. The summed E-state index contributed by atoms with van der Waals surface area (Å²) in [4.78, 5) is 8.25. The fraction of sp³-hybridized carbons (Fsp3) is 0.417. The predicted molar refractivity (Wildman–Crippen MR) is 69.6 cm³/mol. The minimum atomic E-state index is -0.380. The smallest absolute Gasteiger partial charge is 0.276 e. The van der Waals surface area contributed by atoms with Crippen molar-refractivity contribution in [1.82, 2.24) is 20.4 Å². The van der Waals surface area contributed by atoms with Crippen LogP contribution in [0.3, 0.4) is 0 Å². The first-order valence-electron chi connectivity index (χ1n) is 5.99. The van der Waals surface area contributed by atoms with Crippen LogP contribution in [0.15, 0.2) is 22.9 Å². The van der Waals surface area contributed by atoms with Crippen LogP contribution >= 0.6 is 12.4 Å². The van der Waals surface area contributed by atoms with E-state index in [-0.39, 0.29) is 24.1 Å². The normalized spacial score (nSPS) is 18.9. The van der Waals surface area contributed by atoms with Gasteiger partial charge in [0.25, 0.3) is 5.89 Å². The van der Waals surface area contributed by atoms with Gasteiger partial charge in [0.05, 0.1) is 6.20 Å². The Morgan fingerprint density at radius 1 is 1.37 bits per heavy atom. The molecule has 2 aromatic heterocycles. The number of pyridine rings is 1. The molecule has 5 nitrogen and oxygen atoms in total. The van der Waals surface area contributed by atoms with Gasteiger partial charge in [-0.15, -0.1) is 12.4 Å². The Morgan fingerprint density at radius 2 is 2.26 bits per heavy atom. The van der Waals surface area contributed by atoms with Crippen LogP contribution in [0.5, 0.6) is 0 Å². The van der Waals surface area contributed by atoms with Crippen LogP contribution in [-0.2, 0) is 0 Å². The Balaban J connectivity index is 0.00000133. The van der Waals surface area contributed by atoms with Gasteiger partial charge in [0.2, 0.25) is 0 Å². The van der Waals surface area contributed by atoms with Crippen molar-refractivity contribution in [3.63, 3.8) is 0 Å². The summed E-state index contributed by atoms with van der Waals surface area (Å²) in [7, 11) is 0. The molecule has 102 valence electrons. The quantitative estimate of drug-likeness (QED) is 0.915. The van der Waals surface area contributed by atoms with E-state index in [0.29, 0.717) is 17.4 Å². The molecule has 1 saturated heterocycles. The van der Waals surface area contributed by atoms with Crippen molar-refractivity contribution >= 4 is 12.4 Å². The Morgan fingerprint density at radius 3 is 2.95 bits per heavy atom. The van der Waals surface area contributed by atoms with E-state index in [4.69, 9.17) is 4.52 Å². The molecule has 19 heavy (non-hydrogen) atoms. The van der Waals surface area contributed by atoms with E-state index in [2.05, 4.69) is 20.4 Å². The molecule has 3 heterocycles. The maximum Gasteiger partial charge on any atom is 0.276 e. The molecule has 0 spiro atoms. The number of halogens is 2. The van der Waals surface area contributed by atoms with Crippen molar-refractivity contribution in [2.75, 3.05) is 13.1 Å². The Hall–Kier alpha value is -1.53. The monoisotopic (exact) mass is 284 g/mol. The number of rotatable bonds is 2. The topological polar surface area (TPSA) is 63.8 Å². The van der Waals surface area contributed by atoms with Crippen LogP contribution in [0, 0.1) is 5.82 Å². The molecule has 0 aliphatic carbocycles. The lowest BCUT2D eigenvalue weighted by Gasteiger charge is -2.19. The highest BCUT2D eigenvalue weighted by atomic mass is 35.5. The Labute approximate surface area is 116 Å². The zero-order valence-electron chi connectivity index (χ0n) is 10.2. The number of hydrogen-bond donors (Lipinski definition) is 1. The largest absolute Gasteiger partial charge is 0.332 e. The Kier molecular flexibility index (Phi) is 4.44. The van der Waals surface area contributed by atoms with Crippen LogP contribution in [0.1, 0.15) is 24.6 Å².